The van der Waals surface area contributed by atoms with Gasteiger partial charge in [-0.15, -0.1) is 0 Å². The molecule has 258 valence electrons. The fraction of sp³-hybridized carbons (Fsp3) is 0.0192. The van der Waals surface area contributed by atoms with Crippen LogP contribution in [-0.2, 0) is 5.41 Å². The molecule has 0 saturated heterocycles. The lowest BCUT2D eigenvalue weighted by Crippen LogP contribution is -2.28. The monoisotopic (exact) mass is 701 g/mol. The molecule has 9 aromatic rings. The first-order valence-electron chi connectivity index (χ1n) is 18.7. The summed E-state index contributed by atoms with van der Waals surface area (Å²) < 4.78 is 0. The van der Waals surface area contributed by atoms with Gasteiger partial charge in [0.1, 0.15) is 0 Å². The molecule has 3 nitrogen and oxygen atoms in total. The first-order valence-corrected chi connectivity index (χ1v) is 18.7. The molecule has 0 fully saturated rings. The fourth-order valence-electron chi connectivity index (χ4n) is 8.29. The molecular formula is C52H35N3. The Kier molecular flexibility index (Phi) is 8.04. The van der Waals surface area contributed by atoms with E-state index in [1.54, 1.807) is 0 Å². The van der Waals surface area contributed by atoms with Crippen molar-refractivity contribution in [2.75, 3.05) is 0 Å². The lowest BCUT2D eigenvalue weighted by molar-refractivity contribution is 0.769. The van der Waals surface area contributed by atoms with Gasteiger partial charge in [-0.2, -0.15) is 0 Å². The Morgan fingerprint density at radius 2 is 0.709 bits per heavy atom. The lowest BCUT2D eigenvalue weighted by Gasteiger charge is -2.34. The van der Waals surface area contributed by atoms with Crippen LogP contribution in [0.5, 0.6) is 0 Å². The van der Waals surface area contributed by atoms with Crippen molar-refractivity contribution in [3.05, 3.63) is 235 Å². The summed E-state index contributed by atoms with van der Waals surface area (Å²) in [7, 11) is 0. The molecular weight excluding hydrogens is 667 g/mol. The highest BCUT2D eigenvalue weighted by atomic mass is 14.9. The van der Waals surface area contributed by atoms with Crippen LogP contribution in [0.25, 0.3) is 67.3 Å². The minimum atomic E-state index is -0.522. The van der Waals surface area contributed by atoms with E-state index in [1.165, 1.54) is 38.9 Å². The van der Waals surface area contributed by atoms with Gasteiger partial charge in [0.25, 0.3) is 0 Å². The zero-order valence-electron chi connectivity index (χ0n) is 30.0. The van der Waals surface area contributed by atoms with Crippen LogP contribution >= 0.6 is 0 Å². The maximum absolute atomic E-state index is 5.07. The van der Waals surface area contributed by atoms with Crippen LogP contribution < -0.4 is 0 Å². The zero-order valence-corrected chi connectivity index (χ0v) is 30.0. The number of pyridine rings is 1. The third kappa shape index (κ3) is 5.65. The number of hydrogen-bond acceptors (Lipinski definition) is 3. The van der Waals surface area contributed by atoms with E-state index in [4.69, 9.17) is 9.97 Å². The predicted octanol–water partition coefficient (Wildman–Crippen LogP) is 12.6. The molecule has 0 radical (unpaired) electrons. The number of fused-ring (bicyclic) bond motifs is 3. The molecule has 55 heavy (non-hydrogen) atoms. The predicted molar refractivity (Wildman–Crippen MR) is 224 cm³/mol. The molecule has 1 aliphatic carbocycles. The molecule has 3 heteroatoms. The first kappa shape index (κ1) is 32.4. The van der Waals surface area contributed by atoms with E-state index in [9.17, 15) is 0 Å². The summed E-state index contributed by atoms with van der Waals surface area (Å²) in [5.74, 6) is 0.702. The number of rotatable bonds is 7. The molecule has 1 aliphatic rings. The Bertz CT molecular complexity index is 2670. The second-order valence-electron chi connectivity index (χ2n) is 14.0. The summed E-state index contributed by atoms with van der Waals surface area (Å²) >= 11 is 0. The average Bonchev–Trinajstić information content (AvgIpc) is 3.57. The normalized spacial score (nSPS) is 12.5. The molecule has 0 aliphatic heterocycles. The van der Waals surface area contributed by atoms with E-state index in [0.29, 0.717) is 5.82 Å². The van der Waals surface area contributed by atoms with Crippen LogP contribution in [-0.4, -0.2) is 15.0 Å². The second kappa shape index (κ2) is 13.6. The highest BCUT2D eigenvalue weighted by Crippen LogP contribution is 2.57. The molecule has 0 unspecified atom stereocenters. The molecule has 0 amide bonds. The Balaban J connectivity index is 1.11. The van der Waals surface area contributed by atoms with Crippen molar-refractivity contribution in [2.45, 2.75) is 5.41 Å². The van der Waals surface area contributed by atoms with E-state index in [1.807, 2.05) is 48.8 Å². The molecule has 0 saturated carbocycles. The third-order valence-electron chi connectivity index (χ3n) is 10.9. The number of nitrogens with zero attached hydrogens (tertiary/aromatic N) is 3. The van der Waals surface area contributed by atoms with Crippen LogP contribution in [0.2, 0.25) is 0 Å². The van der Waals surface area contributed by atoms with Gasteiger partial charge in [-0.05, 0) is 86.0 Å². The number of aromatic nitrogens is 3. The standard InChI is InChI=1S/C52H35N3/c1-5-13-38(14-6-1)49-35-50(39-15-7-2-8-16-39)55-51(54-49)40-23-21-36(22-24-40)41-25-27-45-46-28-26-42(37-29-31-53-32-30-37)34-48(46)52(47(45)33-41,43-17-9-3-10-18-43)44-19-11-4-12-20-44/h1-35H. The molecule has 0 spiro atoms. The maximum atomic E-state index is 5.07. The molecule has 10 rings (SSSR count). The van der Waals surface area contributed by atoms with Crippen LogP contribution in [0.4, 0.5) is 0 Å². The van der Waals surface area contributed by atoms with Crippen molar-refractivity contribution in [1.29, 1.82) is 0 Å². The van der Waals surface area contributed by atoms with E-state index >= 15 is 0 Å². The van der Waals surface area contributed by atoms with Crippen molar-refractivity contribution in [1.82, 2.24) is 15.0 Å². The SMILES string of the molecule is c1ccc(-c2cc(-c3ccccc3)nc(-c3ccc(-c4ccc5c(c4)C(c4ccccc4)(c4ccccc4)c4cc(-c6ccncc6)ccc4-5)cc3)n2)cc1. The first-order chi connectivity index (χ1) is 27.3. The topological polar surface area (TPSA) is 38.7 Å². The van der Waals surface area contributed by atoms with E-state index in [0.717, 1.165) is 44.8 Å². The molecule has 2 heterocycles. The van der Waals surface area contributed by atoms with Gasteiger partial charge in [0, 0.05) is 29.1 Å². The van der Waals surface area contributed by atoms with Crippen molar-refractivity contribution in [3.8, 4) is 67.3 Å². The van der Waals surface area contributed by atoms with Gasteiger partial charge in [-0.1, -0.05) is 170 Å². The average molecular weight is 702 g/mol. The van der Waals surface area contributed by atoms with Crippen LogP contribution in [0.1, 0.15) is 22.3 Å². The van der Waals surface area contributed by atoms with Gasteiger partial charge in [0.2, 0.25) is 0 Å². The smallest absolute Gasteiger partial charge is 0.160 e. The summed E-state index contributed by atoms with van der Waals surface area (Å²) in [5.41, 5.74) is 16.6. The van der Waals surface area contributed by atoms with Crippen LogP contribution in [0, 0.1) is 0 Å². The molecule has 0 N–H and O–H groups in total. The molecule has 2 aromatic heterocycles. The highest BCUT2D eigenvalue weighted by Gasteiger charge is 2.46. The summed E-state index contributed by atoms with van der Waals surface area (Å²) in [6, 6.07) is 71.5. The van der Waals surface area contributed by atoms with Gasteiger partial charge in [-0.3, -0.25) is 4.98 Å². The van der Waals surface area contributed by atoms with Crippen molar-refractivity contribution in [3.63, 3.8) is 0 Å². The fourth-order valence-corrected chi connectivity index (χ4v) is 8.29. The molecule has 7 aromatic carbocycles. The summed E-state index contributed by atoms with van der Waals surface area (Å²) in [6.07, 6.45) is 3.73. The minimum absolute atomic E-state index is 0.522. The van der Waals surface area contributed by atoms with Crippen molar-refractivity contribution >= 4 is 0 Å². The lowest BCUT2D eigenvalue weighted by atomic mass is 9.67. The Morgan fingerprint density at radius 1 is 0.309 bits per heavy atom. The maximum Gasteiger partial charge on any atom is 0.160 e. The Labute approximate surface area is 321 Å². The highest BCUT2D eigenvalue weighted by molar-refractivity contribution is 5.90. The third-order valence-corrected chi connectivity index (χ3v) is 10.9. The van der Waals surface area contributed by atoms with Gasteiger partial charge < -0.3 is 0 Å². The van der Waals surface area contributed by atoms with Gasteiger partial charge in [0.15, 0.2) is 5.82 Å². The van der Waals surface area contributed by atoms with E-state index < -0.39 is 5.41 Å². The van der Waals surface area contributed by atoms with Gasteiger partial charge in [-0.25, -0.2) is 9.97 Å². The van der Waals surface area contributed by atoms with Gasteiger partial charge >= 0.3 is 0 Å². The largest absolute Gasteiger partial charge is 0.265 e. The zero-order chi connectivity index (χ0) is 36.6. The molecule has 0 bridgehead atoms. The van der Waals surface area contributed by atoms with E-state index in [-0.39, 0.29) is 0 Å². The summed E-state index contributed by atoms with van der Waals surface area (Å²) in [4.78, 5) is 14.4. The number of benzene rings is 7. The van der Waals surface area contributed by atoms with Crippen molar-refractivity contribution in [2.24, 2.45) is 0 Å². The van der Waals surface area contributed by atoms with Gasteiger partial charge in [0.05, 0.1) is 16.8 Å². The Hall–Kier alpha value is -7.23. The number of hydrogen-bond donors (Lipinski definition) is 0. The second-order valence-corrected chi connectivity index (χ2v) is 14.0. The van der Waals surface area contributed by atoms with Crippen LogP contribution in [0.15, 0.2) is 213 Å². The van der Waals surface area contributed by atoms with Crippen molar-refractivity contribution < 1.29 is 0 Å². The Morgan fingerprint density at radius 3 is 1.18 bits per heavy atom. The minimum Gasteiger partial charge on any atom is -0.265 e. The summed E-state index contributed by atoms with van der Waals surface area (Å²) in [5, 5.41) is 0. The quantitative estimate of drug-likeness (QED) is 0.166. The van der Waals surface area contributed by atoms with E-state index in [2.05, 4.69) is 169 Å². The molecule has 0 atom stereocenters. The van der Waals surface area contributed by atoms with Crippen LogP contribution in [0.3, 0.4) is 0 Å². The summed E-state index contributed by atoms with van der Waals surface area (Å²) in [6.45, 7) is 0.